The predicted octanol–water partition coefficient (Wildman–Crippen LogP) is 3.66. The van der Waals surface area contributed by atoms with Crippen molar-refractivity contribution in [1.29, 1.82) is 0 Å². The van der Waals surface area contributed by atoms with Crippen LogP contribution in [0.5, 0.6) is 0 Å². The van der Waals surface area contributed by atoms with Crippen LogP contribution < -0.4 is 5.32 Å². The van der Waals surface area contributed by atoms with Gasteiger partial charge in [-0.2, -0.15) is 0 Å². The SMILES string of the molecule is CCCC1CN(Cc2cc(C)ccc2C)C(CC)CN1. The number of nitrogens with zero attached hydrogens (tertiary/aromatic N) is 1. The molecule has 2 rings (SSSR count). The third-order valence-corrected chi connectivity index (χ3v) is 4.60. The summed E-state index contributed by atoms with van der Waals surface area (Å²) < 4.78 is 0. The summed E-state index contributed by atoms with van der Waals surface area (Å²) in [5.41, 5.74) is 4.30. The lowest BCUT2D eigenvalue weighted by atomic mass is 10.00. The molecular formula is C18H30N2. The summed E-state index contributed by atoms with van der Waals surface area (Å²) in [7, 11) is 0. The molecule has 0 amide bonds. The Hall–Kier alpha value is -0.860. The largest absolute Gasteiger partial charge is 0.311 e. The standard InChI is InChI=1S/C18H30N2/c1-5-7-17-13-20(18(6-2)11-19-17)12-16-10-14(3)8-9-15(16)4/h8-10,17-19H,5-7,11-13H2,1-4H3. The van der Waals surface area contributed by atoms with Gasteiger partial charge in [-0.25, -0.2) is 0 Å². The van der Waals surface area contributed by atoms with Gasteiger partial charge in [0.2, 0.25) is 0 Å². The van der Waals surface area contributed by atoms with Gasteiger partial charge in [0.1, 0.15) is 0 Å². The van der Waals surface area contributed by atoms with Crippen LogP contribution in [-0.2, 0) is 6.54 Å². The maximum Gasteiger partial charge on any atom is 0.0240 e. The summed E-state index contributed by atoms with van der Waals surface area (Å²) in [5, 5.41) is 3.72. The second-order valence-electron chi connectivity index (χ2n) is 6.32. The average molecular weight is 274 g/mol. The van der Waals surface area contributed by atoms with Crippen LogP contribution in [0.1, 0.15) is 49.8 Å². The van der Waals surface area contributed by atoms with E-state index in [1.54, 1.807) is 0 Å². The molecule has 1 aliphatic heterocycles. The van der Waals surface area contributed by atoms with Gasteiger partial charge in [-0.1, -0.05) is 44.0 Å². The van der Waals surface area contributed by atoms with Crippen molar-refractivity contribution in [3.8, 4) is 0 Å². The summed E-state index contributed by atoms with van der Waals surface area (Å²) in [5.74, 6) is 0. The van der Waals surface area contributed by atoms with Crippen molar-refractivity contribution in [2.24, 2.45) is 0 Å². The molecule has 0 aromatic heterocycles. The number of hydrogen-bond acceptors (Lipinski definition) is 2. The lowest BCUT2D eigenvalue weighted by Gasteiger charge is -2.40. The van der Waals surface area contributed by atoms with Crippen molar-refractivity contribution in [1.82, 2.24) is 10.2 Å². The summed E-state index contributed by atoms with van der Waals surface area (Å²) in [6.45, 7) is 12.5. The summed E-state index contributed by atoms with van der Waals surface area (Å²) in [4.78, 5) is 2.69. The molecule has 2 heteroatoms. The van der Waals surface area contributed by atoms with Gasteiger partial charge in [-0.3, -0.25) is 4.90 Å². The fourth-order valence-corrected chi connectivity index (χ4v) is 3.26. The minimum atomic E-state index is 0.674. The number of benzene rings is 1. The van der Waals surface area contributed by atoms with E-state index in [1.165, 1.54) is 42.5 Å². The second-order valence-corrected chi connectivity index (χ2v) is 6.32. The highest BCUT2D eigenvalue weighted by Crippen LogP contribution is 2.19. The van der Waals surface area contributed by atoms with Crippen LogP contribution in [-0.4, -0.2) is 30.1 Å². The number of nitrogens with one attached hydrogen (secondary N) is 1. The van der Waals surface area contributed by atoms with Crippen molar-refractivity contribution in [3.05, 3.63) is 34.9 Å². The quantitative estimate of drug-likeness (QED) is 0.881. The molecule has 0 saturated carbocycles. The van der Waals surface area contributed by atoms with Gasteiger partial charge in [0, 0.05) is 31.7 Å². The van der Waals surface area contributed by atoms with E-state index in [9.17, 15) is 0 Å². The second kappa shape index (κ2) is 7.24. The van der Waals surface area contributed by atoms with Gasteiger partial charge in [-0.05, 0) is 37.8 Å². The molecule has 1 aliphatic rings. The molecule has 1 heterocycles. The molecule has 112 valence electrons. The van der Waals surface area contributed by atoms with E-state index in [4.69, 9.17) is 0 Å². The Labute approximate surface area is 124 Å². The summed E-state index contributed by atoms with van der Waals surface area (Å²) in [6.07, 6.45) is 3.79. The Morgan fingerprint density at radius 1 is 1.25 bits per heavy atom. The van der Waals surface area contributed by atoms with Crippen LogP contribution in [0.25, 0.3) is 0 Å². The van der Waals surface area contributed by atoms with Gasteiger partial charge in [0.15, 0.2) is 0 Å². The van der Waals surface area contributed by atoms with Crippen molar-refractivity contribution in [3.63, 3.8) is 0 Å². The highest BCUT2D eigenvalue weighted by molar-refractivity contribution is 5.30. The Morgan fingerprint density at radius 3 is 2.75 bits per heavy atom. The van der Waals surface area contributed by atoms with E-state index in [-0.39, 0.29) is 0 Å². The highest BCUT2D eigenvalue weighted by Gasteiger charge is 2.26. The van der Waals surface area contributed by atoms with Gasteiger partial charge in [-0.15, -0.1) is 0 Å². The Kier molecular flexibility index (Phi) is 5.62. The lowest BCUT2D eigenvalue weighted by Crippen LogP contribution is -2.55. The maximum absolute atomic E-state index is 3.72. The molecule has 0 spiro atoms. The predicted molar refractivity (Wildman–Crippen MR) is 87.1 cm³/mol. The first-order valence-electron chi connectivity index (χ1n) is 8.17. The molecule has 1 saturated heterocycles. The summed E-state index contributed by atoms with van der Waals surface area (Å²) >= 11 is 0. The zero-order valence-electron chi connectivity index (χ0n) is 13.6. The number of aryl methyl sites for hydroxylation is 2. The van der Waals surface area contributed by atoms with E-state index < -0.39 is 0 Å². The molecule has 1 N–H and O–H groups in total. The number of hydrogen-bond donors (Lipinski definition) is 1. The molecule has 0 radical (unpaired) electrons. The zero-order chi connectivity index (χ0) is 14.5. The van der Waals surface area contributed by atoms with Crippen LogP contribution in [0.3, 0.4) is 0 Å². The lowest BCUT2D eigenvalue weighted by molar-refractivity contribution is 0.115. The van der Waals surface area contributed by atoms with E-state index in [1.807, 2.05) is 0 Å². The van der Waals surface area contributed by atoms with Crippen LogP contribution in [0.2, 0.25) is 0 Å². The molecular weight excluding hydrogens is 244 g/mol. The first kappa shape index (κ1) is 15.5. The fraction of sp³-hybridized carbons (Fsp3) is 0.667. The molecule has 20 heavy (non-hydrogen) atoms. The van der Waals surface area contributed by atoms with Crippen LogP contribution in [0, 0.1) is 13.8 Å². The van der Waals surface area contributed by atoms with Crippen LogP contribution in [0.4, 0.5) is 0 Å². The van der Waals surface area contributed by atoms with Crippen molar-refractivity contribution < 1.29 is 0 Å². The van der Waals surface area contributed by atoms with Crippen molar-refractivity contribution in [2.45, 2.75) is 65.6 Å². The first-order chi connectivity index (χ1) is 9.63. The van der Waals surface area contributed by atoms with Gasteiger partial charge >= 0.3 is 0 Å². The monoisotopic (exact) mass is 274 g/mol. The minimum absolute atomic E-state index is 0.674. The molecule has 1 aromatic carbocycles. The third kappa shape index (κ3) is 3.83. The molecule has 0 bridgehead atoms. The summed E-state index contributed by atoms with van der Waals surface area (Å²) in [6, 6.07) is 8.19. The first-order valence-corrected chi connectivity index (χ1v) is 8.17. The fourth-order valence-electron chi connectivity index (χ4n) is 3.26. The number of piperazine rings is 1. The molecule has 0 aliphatic carbocycles. The molecule has 2 nitrogen and oxygen atoms in total. The highest BCUT2D eigenvalue weighted by atomic mass is 15.2. The van der Waals surface area contributed by atoms with Crippen molar-refractivity contribution in [2.75, 3.05) is 13.1 Å². The molecule has 2 unspecified atom stereocenters. The zero-order valence-corrected chi connectivity index (χ0v) is 13.6. The molecule has 2 atom stereocenters. The van der Waals surface area contributed by atoms with E-state index in [0.717, 1.165) is 13.1 Å². The maximum atomic E-state index is 3.72. The average Bonchev–Trinajstić information content (AvgIpc) is 2.44. The van der Waals surface area contributed by atoms with E-state index >= 15 is 0 Å². The van der Waals surface area contributed by atoms with Crippen molar-refractivity contribution >= 4 is 0 Å². The Morgan fingerprint density at radius 2 is 2.05 bits per heavy atom. The van der Waals surface area contributed by atoms with Gasteiger partial charge in [0.05, 0.1) is 0 Å². The molecule has 1 fully saturated rings. The van der Waals surface area contributed by atoms with Crippen LogP contribution >= 0.6 is 0 Å². The minimum Gasteiger partial charge on any atom is -0.311 e. The van der Waals surface area contributed by atoms with Gasteiger partial charge in [0.25, 0.3) is 0 Å². The smallest absolute Gasteiger partial charge is 0.0240 e. The topological polar surface area (TPSA) is 15.3 Å². The molecule has 1 aromatic rings. The van der Waals surface area contributed by atoms with Gasteiger partial charge < -0.3 is 5.32 Å². The Balaban J connectivity index is 2.09. The normalized spacial score (nSPS) is 24.0. The number of rotatable bonds is 5. The van der Waals surface area contributed by atoms with Crippen LogP contribution in [0.15, 0.2) is 18.2 Å². The Bertz CT molecular complexity index is 427. The van der Waals surface area contributed by atoms with E-state index in [0.29, 0.717) is 12.1 Å². The third-order valence-electron chi connectivity index (χ3n) is 4.60. The van der Waals surface area contributed by atoms with E-state index in [2.05, 4.69) is 56.1 Å².